The Kier molecular flexibility index (Phi) is 4.39. The van der Waals surface area contributed by atoms with Gasteiger partial charge in [0, 0.05) is 24.7 Å². The molecule has 1 aliphatic heterocycles. The summed E-state index contributed by atoms with van der Waals surface area (Å²) < 4.78 is 5.77. The van der Waals surface area contributed by atoms with E-state index in [9.17, 15) is 4.79 Å². The van der Waals surface area contributed by atoms with Crippen LogP contribution in [0.25, 0.3) is 22.3 Å². The van der Waals surface area contributed by atoms with Gasteiger partial charge in [0.15, 0.2) is 0 Å². The van der Waals surface area contributed by atoms with Gasteiger partial charge in [0.05, 0.1) is 34.7 Å². The number of fused-ring (bicyclic) bond motifs is 1. The predicted molar refractivity (Wildman–Crippen MR) is 101 cm³/mol. The van der Waals surface area contributed by atoms with E-state index in [4.69, 9.17) is 9.72 Å². The Balaban J connectivity index is 1.81. The minimum Gasteiger partial charge on any atom is -0.372 e. The second-order valence-electron chi connectivity index (χ2n) is 6.75. The van der Waals surface area contributed by atoms with Crippen LogP contribution in [0.15, 0.2) is 54.7 Å². The molecule has 0 N–H and O–H groups in total. The summed E-state index contributed by atoms with van der Waals surface area (Å²) in [5, 5.41) is 0.865. The Hall–Kier alpha value is -2.79. The maximum Gasteiger partial charge on any atom is 0.254 e. The molecule has 1 aromatic carbocycles. The van der Waals surface area contributed by atoms with Gasteiger partial charge in [-0.2, -0.15) is 0 Å². The molecule has 3 aromatic rings. The number of pyridine rings is 2. The van der Waals surface area contributed by atoms with Crippen LogP contribution >= 0.6 is 0 Å². The zero-order chi connectivity index (χ0) is 18.1. The lowest BCUT2D eigenvalue weighted by molar-refractivity contribution is -0.0585. The molecule has 1 amide bonds. The summed E-state index contributed by atoms with van der Waals surface area (Å²) in [7, 11) is 0. The maximum absolute atomic E-state index is 13.3. The lowest BCUT2D eigenvalue weighted by Crippen LogP contribution is -2.48. The lowest BCUT2D eigenvalue weighted by Gasteiger charge is -2.35. The highest BCUT2D eigenvalue weighted by Gasteiger charge is 2.28. The van der Waals surface area contributed by atoms with Crippen LogP contribution in [0.5, 0.6) is 0 Å². The molecule has 0 radical (unpaired) electrons. The van der Waals surface area contributed by atoms with E-state index >= 15 is 0 Å². The molecule has 26 heavy (non-hydrogen) atoms. The van der Waals surface area contributed by atoms with Gasteiger partial charge >= 0.3 is 0 Å². The standard InChI is InChI=1S/C21H21N3O2/c1-14-12-24(13-15(2)26-14)21(25)17-11-20(19-9-5-6-10-22-19)23-18-8-4-3-7-16(17)18/h3-11,14-15H,12-13H2,1-2H3/t14-,15-/m0/s1. The van der Waals surface area contributed by atoms with Crippen LogP contribution in [0.2, 0.25) is 0 Å². The molecular weight excluding hydrogens is 326 g/mol. The fourth-order valence-electron chi connectivity index (χ4n) is 3.51. The number of aromatic nitrogens is 2. The van der Waals surface area contributed by atoms with Crippen molar-refractivity contribution in [3.63, 3.8) is 0 Å². The average molecular weight is 347 g/mol. The minimum atomic E-state index is 0.0165. The second kappa shape index (κ2) is 6.84. The lowest BCUT2D eigenvalue weighted by atomic mass is 10.0. The SMILES string of the molecule is C[C@H]1CN(C(=O)c2cc(-c3ccccn3)nc3ccccc23)C[C@H](C)O1. The molecular formula is C21H21N3O2. The summed E-state index contributed by atoms with van der Waals surface area (Å²) in [6, 6.07) is 15.3. The number of ether oxygens (including phenoxy) is 1. The molecule has 0 spiro atoms. The van der Waals surface area contributed by atoms with Crippen LogP contribution in [0, 0.1) is 0 Å². The van der Waals surface area contributed by atoms with Gasteiger partial charge in [0.2, 0.25) is 0 Å². The van der Waals surface area contributed by atoms with Crippen molar-refractivity contribution >= 4 is 16.8 Å². The number of rotatable bonds is 2. The first kappa shape index (κ1) is 16.7. The molecule has 132 valence electrons. The fraction of sp³-hybridized carbons (Fsp3) is 0.286. The quantitative estimate of drug-likeness (QED) is 0.711. The number of hydrogen-bond donors (Lipinski definition) is 0. The summed E-state index contributed by atoms with van der Waals surface area (Å²) >= 11 is 0. The van der Waals surface area contributed by atoms with E-state index in [1.165, 1.54) is 0 Å². The molecule has 1 aliphatic rings. The van der Waals surface area contributed by atoms with Crippen molar-refractivity contribution in [3.05, 3.63) is 60.3 Å². The number of carbonyl (C=O) groups excluding carboxylic acids is 1. The maximum atomic E-state index is 13.3. The van der Waals surface area contributed by atoms with Gasteiger partial charge in [0.1, 0.15) is 0 Å². The highest BCUT2D eigenvalue weighted by atomic mass is 16.5. The Morgan fingerprint density at radius 2 is 1.77 bits per heavy atom. The molecule has 0 unspecified atom stereocenters. The predicted octanol–water partition coefficient (Wildman–Crippen LogP) is 3.55. The molecule has 0 bridgehead atoms. The van der Waals surface area contributed by atoms with Crippen molar-refractivity contribution in [1.29, 1.82) is 0 Å². The molecule has 0 saturated carbocycles. The van der Waals surface area contributed by atoms with Crippen molar-refractivity contribution in [3.8, 4) is 11.4 Å². The third kappa shape index (κ3) is 3.18. The van der Waals surface area contributed by atoms with E-state index in [2.05, 4.69) is 4.98 Å². The number of nitrogens with zero attached hydrogens (tertiary/aromatic N) is 3. The summed E-state index contributed by atoms with van der Waals surface area (Å²) in [5.74, 6) is 0.0165. The summed E-state index contributed by atoms with van der Waals surface area (Å²) in [5.41, 5.74) is 2.93. The van der Waals surface area contributed by atoms with Gasteiger partial charge in [-0.1, -0.05) is 24.3 Å². The second-order valence-corrected chi connectivity index (χ2v) is 6.75. The van der Waals surface area contributed by atoms with Crippen molar-refractivity contribution in [2.75, 3.05) is 13.1 Å². The average Bonchev–Trinajstić information content (AvgIpc) is 2.66. The first-order chi connectivity index (χ1) is 12.6. The number of benzene rings is 1. The fourth-order valence-corrected chi connectivity index (χ4v) is 3.51. The van der Waals surface area contributed by atoms with Crippen molar-refractivity contribution in [1.82, 2.24) is 14.9 Å². The Morgan fingerprint density at radius 3 is 2.50 bits per heavy atom. The molecule has 1 fully saturated rings. The van der Waals surface area contributed by atoms with Crippen LogP contribution in [0.4, 0.5) is 0 Å². The summed E-state index contributed by atoms with van der Waals surface area (Å²) in [6.45, 7) is 5.19. The van der Waals surface area contributed by atoms with Gasteiger partial charge in [0.25, 0.3) is 5.91 Å². The highest BCUT2D eigenvalue weighted by Crippen LogP contribution is 2.25. The van der Waals surface area contributed by atoms with E-state index < -0.39 is 0 Å². The minimum absolute atomic E-state index is 0.0165. The number of morpholine rings is 1. The van der Waals surface area contributed by atoms with Gasteiger partial charge in [-0.25, -0.2) is 4.98 Å². The van der Waals surface area contributed by atoms with Crippen LogP contribution in [-0.2, 0) is 4.74 Å². The number of para-hydroxylation sites is 1. The molecule has 3 heterocycles. The van der Waals surface area contributed by atoms with Gasteiger partial charge in [-0.15, -0.1) is 0 Å². The summed E-state index contributed by atoms with van der Waals surface area (Å²) in [6.07, 6.45) is 1.80. The highest BCUT2D eigenvalue weighted by molar-refractivity contribution is 6.07. The first-order valence-electron chi connectivity index (χ1n) is 8.88. The smallest absolute Gasteiger partial charge is 0.254 e. The number of hydrogen-bond acceptors (Lipinski definition) is 4. The monoisotopic (exact) mass is 347 g/mol. The van der Waals surface area contributed by atoms with Crippen molar-refractivity contribution in [2.45, 2.75) is 26.1 Å². The largest absolute Gasteiger partial charge is 0.372 e. The molecule has 5 nitrogen and oxygen atoms in total. The van der Waals surface area contributed by atoms with Crippen LogP contribution in [0.1, 0.15) is 24.2 Å². The van der Waals surface area contributed by atoms with E-state index in [-0.39, 0.29) is 18.1 Å². The van der Waals surface area contributed by atoms with Crippen LogP contribution < -0.4 is 0 Å². The normalized spacial score (nSPS) is 20.3. The molecule has 2 aromatic heterocycles. The zero-order valence-corrected chi connectivity index (χ0v) is 14.9. The van der Waals surface area contributed by atoms with E-state index in [0.717, 1.165) is 16.6 Å². The molecule has 0 aliphatic carbocycles. The Morgan fingerprint density at radius 1 is 1.04 bits per heavy atom. The van der Waals surface area contributed by atoms with Crippen molar-refractivity contribution in [2.24, 2.45) is 0 Å². The van der Waals surface area contributed by atoms with Crippen LogP contribution in [-0.4, -0.2) is 46.1 Å². The van der Waals surface area contributed by atoms with E-state index in [1.807, 2.05) is 67.3 Å². The topological polar surface area (TPSA) is 55.3 Å². The van der Waals surface area contributed by atoms with Crippen molar-refractivity contribution < 1.29 is 9.53 Å². The Bertz CT molecular complexity index is 932. The van der Waals surface area contributed by atoms with Gasteiger partial charge < -0.3 is 9.64 Å². The van der Waals surface area contributed by atoms with E-state index in [0.29, 0.717) is 24.3 Å². The molecule has 1 saturated heterocycles. The first-order valence-corrected chi connectivity index (χ1v) is 8.88. The number of carbonyl (C=O) groups is 1. The molecule has 2 atom stereocenters. The third-order valence-electron chi connectivity index (χ3n) is 4.58. The molecule has 4 rings (SSSR count). The van der Waals surface area contributed by atoms with Gasteiger partial charge in [-0.3, -0.25) is 9.78 Å². The van der Waals surface area contributed by atoms with E-state index in [1.54, 1.807) is 6.20 Å². The Labute approximate surface area is 152 Å². The number of amides is 1. The zero-order valence-electron chi connectivity index (χ0n) is 14.9. The molecule has 5 heteroatoms. The van der Waals surface area contributed by atoms with Crippen LogP contribution in [0.3, 0.4) is 0 Å². The summed E-state index contributed by atoms with van der Waals surface area (Å²) in [4.78, 5) is 24.3. The van der Waals surface area contributed by atoms with Gasteiger partial charge in [-0.05, 0) is 38.1 Å². The third-order valence-corrected chi connectivity index (χ3v) is 4.58.